The van der Waals surface area contributed by atoms with E-state index in [0.717, 1.165) is 5.75 Å². The van der Waals surface area contributed by atoms with Crippen LogP contribution in [0.3, 0.4) is 0 Å². The van der Waals surface area contributed by atoms with E-state index in [-0.39, 0.29) is 0 Å². The molecule has 102 valence electrons. The van der Waals surface area contributed by atoms with Crippen LogP contribution >= 0.6 is 12.6 Å². The van der Waals surface area contributed by atoms with E-state index in [1.54, 1.807) is 0 Å². The quantitative estimate of drug-likeness (QED) is 0.469. The molecule has 0 saturated carbocycles. The van der Waals surface area contributed by atoms with E-state index < -0.39 is 0 Å². The predicted molar refractivity (Wildman–Crippen MR) is 81.1 cm³/mol. The Labute approximate surface area is 114 Å². The first-order valence-corrected chi connectivity index (χ1v) is 8.16. The molecule has 0 aliphatic carbocycles. The van der Waals surface area contributed by atoms with Crippen molar-refractivity contribution >= 4 is 12.6 Å². The van der Waals surface area contributed by atoms with E-state index >= 15 is 0 Å². The van der Waals surface area contributed by atoms with Crippen LogP contribution in [-0.4, -0.2) is 29.3 Å². The molecule has 1 nitrogen and oxygen atoms in total. The van der Waals surface area contributed by atoms with Crippen molar-refractivity contribution in [2.45, 2.75) is 77.2 Å². The van der Waals surface area contributed by atoms with Gasteiger partial charge in [0.05, 0.1) is 0 Å². The molecule has 0 aromatic rings. The fourth-order valence-electron chi connectivity index (χ4n) is 2.88. The Morgan fingerprint density at radius 3 is 2.06 bits per heavy atom. The van der Waals surface area contributed by atoms with Gasteiger partial charge in [-0.2, -0.15) is 12.6 Å². The minimum atomic E-state index is 0.479. The van der Waals surface area contributed by atoms with E-state index in [4.69, 9.17) is 0 Å². The Balaban J connectivity index is 1.90. The molecular weight excluding hydrogens is 226 g/mol. The van der Waals surface area contributed by atoms with Gasteiger partial charge in [-0.05, 0) is 58.4 Å². The normalized spacial score (nSPS) is 19.9. The molecule has 0 amide bonds. The molecule has 1 rings (SSSR count). The lowest BCUT2D eigenvalue weighted by molar-refractivity contribution is 0.171. The predicted octanol–water partition coefficient (Wildman–Crippen LogP) is 4.52. The van der Waals surface area contributed by atoms with Crippen molar-refractivity contribution in [3.05, 3.63) is 0 Å². The molecule has 0 atom stereocenters. The molecule has 0 unspecified atom stereocenters. The monoisotopic (exact) mass is 257 g/mol. The molecule has 0 spiro atoms. The van der Waals surface area contributed by atoms with E-state index in [1.807, 2.05) is 0 Å². The summed E-state index contributed by atoms with van der Waals surface area (Å²) in [4.78, 5) is 2.69. The maximum absolute atomic E-state index is 4.24. The second kappa shape index (κ2) is 8.42. The van der Waals surface area contributed by atoms with E-state index in [1.165, 1.54) is 70.9 Å². The minimum absolute atomic E-state index is 0.479. The van der Waals surface area contributed by atoms with Crippen molar-refractivity contribution in [1.29, 1.82) is 0 Å². The van der Waals surface area contributed by atoms with Gasteiger partial charge in [0.25, 0.3) is 0 Å². The summed E-state index contributed by atoms with van der Waals surface area (Å²) >= 11 is 4.24. The van der Waals surface area contributed by atoms with Gasteiger partial charge < -0.3 is 0 Å². The van der Waals surface area contributed by atoms with Crippen LogP contribution < -0.4 is 0 Å². The molecule has 2 heteroatoms. The van der Waals surface area contributed by atoms with Crippen LogP contribution in [0.15, 0.2) is 0 Å². The van der Waals surface area contributed by atoms with Gasteiger partial charge in [-0.15, -0.1) is 0 Å². The first-order valence-electron chi connectivity index (χ1n) is 7.53. The summed E-state index contributed by atoms with van der Waals surface area (Å²) in [6.45, 7) is 7.45. The van der Waals surface area contributed by atoms with Crippen LogP contribution in [0.1, 0.15) is 71.6 Å². The largest absolute Gasteiger partial charge is 0.298 e. The molecular formula is C15H31NS. The van der Waals surface area contributed by atoms with Crippen molar-refractivity contribution in [2.75, 3.05) is 18.8 Å². The number of hydrogen-bond acceptors (Lipinski definition) is 2. The number of nitrogens with zero attached hydrogens (tertiary/aromatic N) is 1. The summed E-state index contributed by atoms with van der Waals surface area (Å²) in [5.41, 5.74) is 0.479. The minimum Gasteiger partial charge on any atom is -0.298 e. The Kier molecular flexibility index (Phi) is 7.61. The zero-order chi connectivity index (χ0) is 12.6. The third-order valence-electron chi connectivity index (χ3n) is 4.16. The zero-order valence-corrected chi connectivity index (χ0v) is 12.8. The zero-order valence-electron chi connectivity index (χ0n) is 11.9. The third kappa shape index (κ3) is 6.15. The maximum Gasteiger partial charge on any atom is 0.0153 e. The van der Waals surface area contributed by atoms with Crippen molar-refractivity contribution < 1.29 is 0 Å². The standard InChI is InChI=1S/C15H31NS/c1-15(2)11-10-13-16(15)12-8-6-4-3-5-7-9-14-17/h17H,3-14H2,1-2H3. The molecule has 1 fully saturated rings. The van der Waals surface area contributed by atoms with Gasteiger partial charge in [-0.25, -0.2) is 0 Å². The van der Waals surface area contributed by atoms with Gasteiger partial charge in [-0.3, -0.25) is 4.90 Å². The molecule has 1 saturated heterocycles. The second-order valence-electron chi connectivity index (χ2n) is 6.10. The lowest BCUT2D eigenvalue weighted by Crippen LogP contribution is -2.38. The fourth-order valence-corrected chi connectivity index (χ4v) is 3.10. The number of unbranched alkanes of at least 4 members (excludes halogenated alkanes) is 6. The Bertz CT molecular complexity index is 191. The number of thiol groups is 1. The Morgan fingerprint density at radius 2 is 1.53 bits per heavy atom. The summed E-state index contributed by atoms with van der Waals surface area (Å²) in [6.07, 6.45) is 12.6. The lowest BCUT2D eigenvalue weighted by Gasteiger charge is -2.31. The average molecular weight is 257 g/mol. The molecule has 0 radical (unpaired) electrons. The smallest absolute Gasteiger partial charge is 0.0153 e. The van der Waals surface area contributed by atoms with Crippen molar-refractivity contribution in [3.63, 3.8) is 0 Å². The molecule has 1 aliphatic heterocycles. The SMILES string of the molecule is CC1(C)CCCN1CCCCCCCCCS. The molecule has 0 bridgehead atoms. The van der Waals surface area contributed by atoms with Crippen LogP contribution in [-0.2, 0) is 0 Å². The van der Waals surface area contributed by atoms with Crippen LogP contribution in [0.4, 0.5) is 0 Å². The van der Waals surface area contributed by atoms with Crippen molar-refractivity contribution in [1.82, 2.24) is 4.90 Å². The van der Waals surface area contributed by atoms with Gasteiger partial charge in [0, 0.05) is 5.54 Å². The summed E-state index contributed by atoms with van der Waals surface area (Å²) in [5, 5.41) is 0. The highest BCUT2D eigenvalue weighted by Crippen LogP contribution is 2.28. The fraction of sp³-hybridized carbons (Fsp3) is 1.00. The molecule has 1 heterocycles. The van der Waals surface area contributed by atoms with Gasteiger partial charge in [0.15, 0.2) is 0 Å². The van der Waals surface area contributed by atoms with Crippen LogP contribution in [0.5, 0.6) is 0 Å². The lowest BCUT2D eigenvalue weighted by atomic mass is 10.0. The number of likely N-dealkylation sites (tertiary alicyclic amines) is 1. The molecule has 0 aromatic heterocycles. The third-order valence-corrected chi connectivity index (χ3v) is 4.48. The van der Waals surface area contributed by atoms with Crippen LogP contribution in [0.25, 0.3) is 0 Å². The highest BCUT2D eigenvalue weighted by Gasteiger charge is 2.30. The van der Waals surface area contributed by atoms with Gasteiger partial charge >= 0.3 is 0 Å². The second-order valence-corrected chi connectivity index (χ2v) is 6.55. The Hall–Kier alpha value is 0.310. The van der Waals surface area contributed by atoms with E-state index in [0.29, 0.717) is 5.54 Å². The highest BCUT2D eigenvalue weighted by atomic mass is 32.1. The van der Waals surface area contributed by atoms with Crippen LogP contribution in [0, 0.1) is 0 Å². The maximum atomic E-state index is 4.24. The molecule has 17 heavy (non-hydrogen) atoms. The number of rotatable bonds is 9. The average Bonchev–Trinajstić information content (AvgIpc) is 2.62. The first kappa shape index (κ1) is 15.4. The van der Waals surface area contributed by atoms with Gasteiger partial charge in [0.2, 0.25) is 0 Å². The topological polar surface area (TPSA) is 3.24 Å². The van der Waals surface area contributed by atoms with Gasteiger partial charge in [-0.1, -0.05) is 32.1 Å². The summed E-state index contributed by atoms with van der Waals surface area (Å²) in [6, 6.07) is 0. The summed E-state index contributed by atoms with van der Waals surface area (Å²) < 4.78 is 0. The molecule has 1 aliphatic rings. The highest BCUT2D eigenvalue weighted by molar-refractivity contribution is 7.80. The Morgan fingerprint density at radius 1 is 0.941 bits per heavy atom. The van der Waals surface area contributed by atoms with E-state index in [2.05, 4.69) is 31.4 Å². The van der Waals surface area contributed by atoms with Gasteiger partial charge in [0.1, 0.15) is 0 Å². The summed E-state index contributed by atoms with van der Waals surface area (Å²) in [7, 11) is 0. The van der Waals surface area contributed by atoms with E-state index in [9.17, 15) is 0 Å². The molecule has 0 N–H and O–H groups in total. The summed E-state index contributed by atoms with van der Waals surface area (Å²) in [5.74, 6) is 1.06. The van der Waals surface area contributed by atoms with Crippen LogP contribution in [0.2, 0.25) is 0 Å². The molecule has 0 aromatic carbocycles. The van der Waals surface area contributed by atoms with Crippen molar-refractivity contribution in [3.8, 4) is 0 Å². The van der Waals surface area contributed by atoms with Crippen molar-refractivity contribution in [2.24, 2.45) is 0 Å². The first-order chi connectivity index (χ1) is 8.17. The number of hydrogen-bond donors (Lipinski definition) is 1.